The van der Waals surface area contributed by atoms with Crippen LogP contribution in [0.5, 0.6) is 0 Å². The average Bonchev–Trinajstić information content (AvgIpc) is 2.99. The molecule has 0 bridgehead atoms. The van der Waals surface area contributed by atoms with E-state index in [1.165, 1.54) is 0 Å². The van der Waals surface area contributed by atoms with Gasteiger partial charge in [0.15, 0.2) is 5.82 Å². The number of hydrogen-bond acceptors (Lipinski definition) is 4. The molecule has 6 nitrogen and oxygen atoms in total. The molecule has 0 aromatic heterocycles. The van der Waals surface area contributed by atoms with Crippen LogP contribution in [0, 0.1) is 11.6 Å². The van der Waals surface area contributed by atoms with E-state index in [2.05, 4.69) is 15.4 Å². The van der Waals surface area contributed by atoms with Crippen LogP contribution in [0.3, 0.4) is 0 Å². The number of anilines is 2. The summed E-state index contributed by atoms with van der Waals surface area (Å²) in [4.78, 5) is 24.6. The van der Waals surface area contributed by atoms with Gasteiger partial charge in [0.1, 0.15) is 17.2 Å². The fourth-order valence-corrected chi connectivity index (χ4v) is 5.65. The highest BCUT2D eigenvalue weighted by atomic mass is 32.2. The molecule has 2 heterocycles. The summed E-state index contributed by atoms with van der Waals surface area (Å²) in [5.74, 6) is -1.83. The molecule has 31 heavy (non-hydrogen) atoms. The predicted molar refractivity (Wildman–Crippen MR) is 112 cm³/mol. The number of amides is 2. The van der Waals surface area contributed by atoms with Crippen molar-refractivity contribution >= 4 is 34.6 Å². The lowest BCUT2D eigenvalue weighted by Gasteiger charge is -2.36. The van der Waals surface area contributed by atoms with Crippen LogP contribution in [-0.4, -0.2) is 22.9 Å². The number of nitrogens with one attached hydrogen (secondary N) is 3. The van der Waals surface area contributed by atoms with Gasteiger partial charge in [0.2, 0.25) is 16.7 Å². The Labute approximate surface area is 181 Å². The molecule has 2 unspecified atom stereocenters. The molecule has 1 aliphatic carbocycles. The van der Waals surface area contributed by atoms with Crippen molar-refractivity contribution in [3.05, 3.63) is 53.1 Å². The standard InChI is InChI=1S/C22H21F2N3O3S/c23-13-2-3-18(17(24)9-13)31(30)27-14-10-15(12-4-7-25-19(28)8-12)20-16(11-14)22(5-1-6-22)21(29)26-20/h2-3,9-12,27H,1,4-8H2,(H,25,28)(H,26,29). The molecular formula is C22H21F2N3O3S. The summed E-state index contributed by atoms with van der Waals surface area (Å²) in [7, 11) is 0. The van der Waals surface area contributed by atoms with Gasteiger partial charge in [-0.2, -0.15) is 0 Å². The van der Waals surface area contributed by atoms with Crippen LogP contribution < -0.4 is 15.4 Å². The summed E-state index contributed by atoms with van der Waals surface area (Å²) in [6, 6.07) is 6.46. The lowest BCUT2D eigenvalue weighted by atomic mass is 9.65. The first-order chi connectivity index (χ1) is 14.9. The second-order valence-electron chi connectivity index (χ2n) is 8.36. The van der Waals surface area contributed by atoms with Crippen molar-refractivity contribution in [1.82, 2.24) is 5.32 Å². The smallest absolute Gasteiger partial charge is 0.235 e. The van der Waals surface area contributed by atoms with Gasteiger partial charge in [-0.25, -0.2) is 13.5 Å². The highest BCUT2D eigenvalue weighted by Gasteiger charge is 2.52. The molecule has 2 aliphatic heterocycles. The summed E-state index contributed by atoms with van der Waals surface area (Å²) < 4.78 is 42.9. The number of halogens is 2. The molecule has 5 rings (SSSR count). The Morgan fingerprint density at radius 3 is 2.65 bits per heavy atom. The maximum atomic E-state index is 14.1. The van der Waals surface area contributed by atoms with E-state index >= 15 is 0 Å². The summed E-state index contributed by atoms with van der Waals surface area (Å²) in [6.07, 6.45) is 3.43. The molecule has 3 N–H and O–H groups in total. The summed E-state index contributed by atoms with van der Waals surface area (Å²) in [5.41, 5.74) is 2.29. The third-order valence-electron chi connectivity index (χ3n) is 6.56. The van der Waals surface area contributed by atoms with Crippen molar-refractivity contribution in [1.29, 1.82) is 0 Å². The van der Waals surface area contributed by atoms with Gasteiger partial charge >= 0.3 is 0 Å². The zero-order chi connectivity index (χ0) is 21.8. The molecule has 2 atom stereocenters. The van der Waals surface area contributed by atoms with Crippen LogP contribution in [0.25, 0.3) is 0 Å². The minimum Gasteiger partial charge on any atom is -0.588 e. The average molecular weight is 445 g/mol. The van der Waals surface area contributed by atoms with Gasteiger partial charge < -0.3 is 15.2 Å². The molecule has 1 saturated heterocycles. The number of hydrogen-bond donors (Lipinski definition) is 3. The molecule has 1 spiro atoms. The minimum absolute atomic E-state index is 0.0434. The molecule has 2 aromatic carbocycles. The van der Waals surface area contributed by atoms with Gasteiger partial charge in [0.25, 0.3) is 0 Å². The van der Waals surface area contributed by atoms with E-state index in [0.717, 1.165) is 54.6 Å². The van der Waals surface area contributed by atoms with E-state index < -0.39 is 28.4 Å². The maximum absolute atomic E-state index is 14.1. The highest BCUT2D eigenvalue weighted by molar-refractivity contribution is 7.92. The summed E-state index contributed by atoms with van der Waals surface area (Å²) in [6.45, 7) is 0.543. The van der Waals surface area contributed by atoms with Crippen LogP contribution >= 0.6 is 0 Å². The van der Waals surface area contributed by atoms with Gasteiger partial charge in [-0.3, -0.25) is 9.59 Å². The monoisotopic (exact) mass is 445 g/mol. The fourth-order valence-electron chi connectivity index (χ4n) is 4.78. The van der Waals surface area contributed by atoms with E-state index in [1.54, 1.807) is 12.1 Å². The Kier molecular flexibility index (Phi) is 4.90. The lowest BCUT2D eigenvalue weighted by Crippen LogP contribution is -2.40. The Morgan fingerprint density at radius 1 is 1.16 bits per heavy atom. The largest absolute Gasteiger partial charge is 0.588 e. The second-order valence-corrected chi connectivity index (χ2v) is 9.54. The van der Waals surface area contributed by atoms with Crippen molar-refractivity contribution in [3.8, 4) is 0 Å². The molecule has 162 valence electrons. The van der Waals surface area contributed by atoms with Gasteiger partial charge in [-0.15, -0.1) is 0 Å². The van der Waals surface area contributed by atoms with Crippen molar-refractivity contribution in [2.75, 3.05) is 16.6 Å². The van der Waals surface area contributed by atoms with Gasteiger partial charge in [-0.05, 0) is 54.5 Å². The van der Waals surface area contributed by atoms with Crippen molar-refractivity contribution in [2.45, 2.75) is 48.3 Å². The van der Waals surface area contributed by atoms with Crippen molar-refractivity contribution < 1.29 is 22.9 Å². The van der Waals surface area contributed by atoms with E-state index in [4.69, 9.17) is 0 Å². The van der Waals surface area contributed by atoms with Crippen molar-refractivity contribution in [2.24, 2.45) is 0 Å². The number of piperidine rings is 1. The molecule has 2 aromatic rings. The van der Waals surface area contributed by atoms with Crippen LogP contribution in [0.4, 0.5) is 20.2 Å². The number of fused-ring (bicyclic) bond motifs is 2. The Morgan fingerprint density at radius 2 is 1.97 bits per heavy atom. The first kappa shape index (κ1) is 20.3. The minimum atomic E-state index is -1.96. The first-order valence-electron chi connectivity index (χ1n) is 10.3. The number of carbonyl (C=O) groups is 2. The molecule has 2 fully saturated rings. The summed E-state index contributed by atoms with van der Waals surface area (Å²) in [5, 5.41) is 5.84. The van der Waals surface area contributed by atoms with E-state index in [1.807, 2.05) is 0 Å². The van der Waals surface area contributed by atoms with Crippen LogP contribution in [0.1, 0.15) is 49.1 Å². The quantitative estimate of drug-likeness (QED) is 0.629. The topological polar surface area (TPSA) is 93.3 Å². The molecule has 2 amide bonds. The van der Waals surface area contributed by atoms with Crippen molar-refractivity contribution in [3.63, 3.8) is 0 Å². The third kappa shape index (κ3) is 3.36. The Hall–Kier alpha value is -2.65. The first-order valence-corrected chi connectivity index (χ1v) is 11.4. The molecule has 9 heteroatoms. The second kappa shape index (κ2) is 7.49. The predicted octanol–water partition coefficient (Wildman–Crippen LogP) is 3.47. The molecule has 3 aliphatic rings. The summed E-state index contributed by atoms with van der Waals surface area (Å²) >= 11 is -1.96. The van der Waals surface area contributed by atoms with Crippen LogP contribution in [0.2, 0.25) is 0 Å². The van der Waals surface area contributed by atoms with E-state index in [-0.39, 0.29) is 22.6 Å². The third-order valence-corrected chi connectivity index (χ3v) is 7.71. The lowest BCUT2D eigenvalue weighted by molar-refractivity contribution is -0.123. The van der Waals surface area contributed by atoms with E-state index in [0.29, 0.717) is 24.7 Å². The molecule has 1 saturated carbocycles. The van der Waals surface area contributed by atoms with Crippen LogP contribution in [0.15, 0.2) is 35.2 Å². The Bertz CT molecular complexity index is 1090. The van der Waals surface area contributed by atoms with E-state index in [9.17, 15) is 22.9 Å². The zero-order valence-corrected chi connectivity index (χ0v) is 17.4. The molecular weight excluding hydrogens is 424 g/mol. The van der Waals surface area contributed by atoms with Gasteiger partial charge in [0, 0.05) is 30.8 Å². The van der Waals surface area contributed by atoms with Gasteiger partial charge in [-0.1, -0.05) is 6.42 Å². The van der Waals surface area contributed by atoms with Crippen LogP contribution in [-0.2, 0) is 26.4 Å². The fraction of sp³-hybridized carbons (Fsp3) is 0.364. The highest BCUT2D eigenvalue weighted by Crippen LogP contribution is 2.54. The van der Waals surface area contributed by atoms with Gasteiger partial charge in [0.05, 0.1) is 11.1 Å². The molecule has 0 radical (unpaired) electrons. The Balaban J connectivity index is 1.54. The SMILES string of the molecule is O=C1CC(c2cc(N[S+]([O-])c3ccc(F)cc3F)cc3c2NC(=O)C32CCC2)CCN1. The maximum Gasteiger partial charge on any atom is 0.235 e. The number of benzene rings is 2. The number of rotatable bonds is 4. The number of carbonyl (C=O) groups excluding carboxylic acids is 2. The normalized spacial score (nSPS) is 22.4. The zero-order valence-electron chi connectivity index (χ0n) is 16.6.